The summed E-state index contributed by atoms with van der Waals surface area (Å²) in [6.45, 7) is 0. The number of nitrogens with two attached hydrogens (primary N) is 1. The van der Waals surface area contributed by atoms with Crippen molar-refractivity contribution in [1.82, 2.24) is 9.97 Å². The second-order valence-electron chi connectivity index (χ2n) is 3.28. The molecule has 0 bridgehead atoms. The van der Waals surface area contributed by atoms with Crippen LogP contribution in [0.15, 0.2) is 24.5 Å². The lowest BCUT2D eigenvalue weighted by Gasteiger charge is -2.09. The first-order valence-electron chi connectivity index (χ1n) is 4.89. The topological polar surface area (TPSA) is 70.3 Å². The lowest BCUT2D eigenvalue weighted by atomic mass is 10.3. The Bertz CT molecular complexity index is 580. The Labute approximate surface area is 107 Å². The SMILES string of the molecule is COc1ncnc(Oc2ccc(F)c(Cl)c2)c1N. The summed E-state index contributed by atoms with van der Waals surface area (Å²) in [5, 5.41) is -0.0490. The normalized spacial score (nSPS) is 10.2. The summed E-state index contributed by atoms with van der Waals surface area (Å²) < 4.78 is 23.3. The fraction of sp³-hybridized carbons (Fsp3) is 0.0909. The highest BCUT2D eigenvalue weighted by atomic mass is 35.5. The molecule has 94 valence electrons. The number of nitrogens with zero attached hydrogens (tertiary/aromatic N) is 2. The van der Waals surface area contributed by atoms with E-state index < -0.39 is 5.82 Å². The molecule has 2 rings (SSSR count). The molecule has 0 aliphatic rings. The Morgan fingerprint density at radius 1 is 1.28 bits per heavy atom. The third kappa shape index (κ3) is 2.43. The van der Waals surface area contributed by atoms with E-state index in [4.69, 9.17) is 26.8 Å². The number of halogens is 2. The van der Waals surface area contributed by atoms with Crippen molar-refractivity contribution in [3.8, 4) is 17.5 Å². The standard InChI is InChI=1S/C11H9ClFN3O2/c1-17-10-9(14)11(16-5-15-10)18-6-2-3-8(13)7(12)4-6/h2-5H,14H2,1H3. The summed E-state index contributed by atoms with van der Waals surface area (Å²) in [5.41, 5.74) is 5.88. The number of methoxy groups -OCH3 is 1. The van der Waals surface area contributed by atoms with Crippen molar-refractivity contribution >= 4 is 17.3 Å². The molecule has 0 aliphatic heterocycles. The molecule has 0 saturated heterocycles. The van der Waals surface area contributed by atoms with Crippen LogP contribution in [-0.2, 0) is 0 Å². The van der Waals surface area contributed by atoms with E-state index >= 15 is 0 Å². The quantitative estimate of drug-likeness (QED) is 0.927. The Morgan fingerprint density at radius 2 is 2.00 bits per heavy atom. The number of rotatable bonds is 3. The Kier molecular flexibility index (Phi) is 3.47. The lowest BCUT2D eigenvalue weighted by Crippen LogP contribution is -2.00. The van der Waals surface area contributed by atoms with Gasteiger partial charge >= 0.3 is 0 Å². The molecule has 18 heavy (non-hydrogen) atoms. The van der Waals surface area contributed by atoms with Gasteiger partial charge in [-0.25, -0.2) is 4.39 Å². The number of benzene rings is 1. The van der Waals surface area contributed by atoms with Crippen LogP contribution in [0.5, 0.6) is 17.5 Å². The maximum Gasteiger partial charge on any atom is 0.249 e. The molecule has 0 fully saturated rings. The van der Waals surface area contributed by atoms with Crippen molar-refractivity contribution in [1.29, 1.82) is 0 Å². The smallest absolute Gasteiger partial charge is 0.249 e. The van der Waals surface area contributed by atoms with Gasteiger partial charge in [0.25, 0.3) is 0 Å². The van der Waals surface area contributed by atoms with E-state index in [2.05, 4.69) is 9.97 Å². The van der Waals surface area contributed by atoms with Gasteiger partial charge in [0.05, 0.1) is 12.1 Å². The monoisotopic (exact) mass is 269 g/mol. The molecule has 7 heteroatoms. The summed E-state index contributed by atoms with van der Waals surface area (Å²) >= 11 is 5.63. The van der Waals surface area contributed by atoms with Gasteiger partial charge in [-0.2, -0.15) is 9.97 Å². The van der Waals surface area contributed by atoms with Crippen LogP contribution < -0.4 is 15.2 Å². The second-order valence-corrected chi connectivity index (χ2v) is 3.69. The molecule has 0 unspecified atom stereocenters. The Balaban J connectivity index is 2.31. The highest BCUT2D eigenvalue weighted by molar-refractivity contribution is 6.30. The van der Waals surface area contributed by atoms with Gasteiger partial charge in [-0.3, -0.25) is 0 Å². The first kappa shape index (κ1) is 12.4. The van der Waals surface area contributed by atoms with Crippen molar-refractivity contribution in [2.24, 2.45) is 0 Å². The van der Waals surface area contributed by atoms with Gasteiger partial charge in [0.15, 0.2) is 5.69 Å². The molecule has 0 amide bonds. The predicted molar refractivity (Wildman–Crippen MR) is 64.5 cm³/mol. The third-order valence-electron chi connectivity index (χ3n) is 2.11. The molecule has 2 N–H and O–H groups in total. The van der Waals surface area contributed by atoms with Gasteiger partial charge in [-0.05, 0) is 12.1 Å². The zero-order valence-electron chi connectivity index (χ0n) is 9.35. The largest absolute Gasteiger partial charge is 0.479 e. The maximum absolute atomic E-state index is 13.0. The fourth-order valence-corrected chi connectivity index (χ4v) is 1.43. The van der Waals surface area contributed by atoms with E-state index in [0.29, 0.717) is 5.75 Å². The molecule has 1 aromatic heterocycles. The zero-order chi connectivity index (χ0) is 13.1. The minimum absolute atomic E-state index is 0.0490. The van der Waals surface area contributed by atoms with E-state index in [1.807, 2.05) is 0 Å². The lowest BCUT2D eigenvalue weighted by molar-refractivity contribution is 0.391. The van der Waals surface area contributed by atoms with Crippen LogP contribution in [-0.4, -0.2) is 17.1 Å². The van der Waals surface area contributed by atoms with Gasteiger partial charge in [0.1, 0.15) is 17.9 Å². The third-order valence-corrected chi connectivity index (χ3v) is 2.40. The van der Waals surface area contributed by atoms with Crippen molar-refractivity contribution in [3.63, 3.8) is 0 Å². The maximum atomic E-state index is 13.0. The number of nitrogen functional groups attached to an aromatic ring is 1. The summed E-state index contributed by atoms with van der Waals surface area (Å²) in [7, 11) is 1.43. The van der Waals surface area contributed by atoms with Crippen LogP contribution in [0.3, 0.4) is 0 Å². The van der Waals surface area contributed by atoms with Crippen LogP contribution in [0.1, 0.15) is 0 Å². The molecule has 1 aromatic carbocycles. The number of hydrogen-bond acceptors (Lipinski definition) is 5. The van der Waals surface area contributed by atoms with Crippen LogP contribution in [0, 0.1) is 5.82 Å². The molecule has 0 aliphatic carbocycles. The minimum Gasteiger partial charge on any atom is -0.479 e. The van der Waals surface area contributed by atoms with E-state index in [0.717, 1.165) is 0 Å². The number of anilines is 1. The summed E-state index contributed by atoms with van der Waals surface area (Å²) in [5.74, 6) is 0.101. The first-order chi connectivity index (χ1) is 8.61. The highest BCUT2D eigenvalue weighted by Gasteiger charge is 2.11. The molecule has 2 aromatic rings. The number of ether oxygens (including phenoxy) is 2. The Hall–Kier alpha value is -2.08. The van der Waals surface area contributed by atoms with Crippen molar-refractivity contribution < 1.29 is 13.9 Å². The predicted octanol–water partition coefficient (Wildman–Crippen LogP) is 2.65. The van der Waals surface area contributed by atoms with Crippen LogP contribution in [0.2, 0.25) is 5.02 Å². The molecule has 0 spiro atoms. The molecule has 0 atom stereocenters. The average molecular weight is 270 g/mol. The first-order valence-corrected chi connectivity index (χ1v) is 5.27. The molecule has 5 nitrogen and oxygen atoms in total. The van der Waals surface area contributed by atoms with E-state index in [1.54, 1.807) is 0 Å². The summed E-state index contributed by atoms with van der Waals surface area (Å²) in [4.78, 5) is 7.67. The molecule has 0 radical (unpaired) electrons. The van der Waals surface area contributed by atoms with Crippen LogP contribution in [0.25, 0.3) is 0 Å². The van der Waals surface area contributed by atoms with Gasteiger partial charge in [-0.1, -0.05) is 11.6 Å². The molecule has 1 heterocycles. The Morgan fingerprint density at radius 3 is 2.67 bits per heavy atom. The second kappa shape index (κ2) is 5.05. The summed E-state index contributed by atoms with van der Waals surface area (Å²) in [6.07, 6.45) is 1.25. The van der Waals surface area contributed by atoms with Gasteiger partial charge in [0, 0.05) is 6.07 Å². The number of hydrogen-bond donors (Lipinski definition) is 1. The van der Waals surface area contributed by atoms with Gasteiger partial charge in [-0.15, -0.1) is 0 Å². The van der Waals surface area contributed by atoms with Crippen molar-refractivity contribution in [2.45, 2.75) is 0 Å². The van der Waals surface area contributed by atoms with Crippen molar-refractivity contribution in [2.75, 3.05) is 12.8 Å². The van der Waals surface area contributed by atoms with Gasteiger partial charge in [0.2, 0.25) is 11.8 Å². The molecular formula is C11H9ClFN3O2. The van der Waals surface area contributed by atoms with Gasteiger partial charge < -0.3 is 15.2 Å². The van der Waals surface area contributed by atoms with E-state index in [9.17, 15) is 4.39 Å². The average Bonchev–Trinajstić information content (AvgIpc) is 2.36. The molecular weight excluding hydrogens is 261 g/mol. The zero-order valence-corrected chi connectivity index (χ0v) is 10.1. The van der Waals surface area contributed by atoms with Crippen molar-refractivity contribution in [3.05, 3.63) is 35.4 Å². The van der Waals surface area contributed by atoms with Crippen LogP contribution in [0.4, 0.5) is 10.1 Å². The highest BCUT2D eigenvalue weighted by Crippen LogP contribution is 2.31. The van der Waals surface area contributed by atoms with E-state index in [1.165, 1.54) is 31.6 Å². The van der Waals surface area contributed by atoms with Crippen LogP contribution >= 0.6 is 11.6 Å². The van der Waals surface area contributed by atoms with E-state index in [-0.39, 0.29) is 22.5 Å². The molecule has 0 saturated carbocycles. The summed E-state index contributed by atoms with van der Waals surface area (Å²) in [6, 6.07) is 3.92. The number of aromatic nitrogens is 2. The fourth-order valence-electron chi connectivity index (χ4n) is 1.26. The minimum atomic E-state index is -0.530.